The van der Waals surface area contributed by atoms with Crippen molar-refractivity contribution in [2.75, 3.05) is 6.61 Å². The monoisotopic (exact) mass is 503 g/mol. The van der Waals surface area contributed by atoms with Crippen LogP contribution in [-0.2, 0) is 22.1 Å². The molecule has 1 aromatic heterocycles. The van der Waals surface area contributed by atoms with E-state index in [-0.39, 0.29) is 16.7 Å². The van der Waals surface area contributed by atoms with Crippen molar-refractivity contribution >= 4 is 5.97 Å². The Morgan fingerprint density at radius 1 is 1.11 bits per heavy atom. The van der Waals surface area contributed by atoms with Crippen molar-refractivity contribution in [3.8, 4) is 28.0 Å². The summed E-state index contributed by atoms with van der Waals surface area (Å²) in [6.45, 7) is 5.19. The molecule has 2 aromatic carbocycles. The van der Waals surface area contributed by atoms with Crippen LogP contribution in [0.2, 0.25) is 0 Å². The number of nitrogens with zero attached hydrogens (tertiary/aromatic N) is 1. The summed E-state index contributed by atoms with van der Waals surface area (Å²) in [5, 5.41) is 10.1. The van der Waals surface area contributed by atoms with E-state index in [2.05, 4.69) is 4.98 Å². The zero-order valence-electron chi connectivity index (χ0n) is 19.9. The molecule has 9 heteroatoms. The molecule has 2 heterocycles. The number of aromatic nitrogens is 1. The Bertz CT molecular complexity index is 1300. The van der Waals surface area contributed by atoms with E-state index in [1.807, 2.05) is 0 Å². The van der Waals surface area contributed by atoms with Gasteiger partial charge in [0.1, 0.15) is 11.6 Å². The molecule has 0 saturated carbocycles. The molecule has 5 nitrogen and oxygen atoms in total. The van der Waals surface area contributed by atoms with Gasteiger partial charge in [0, 0.05) is 17.3 Å². The van der Waals surface area contributed by atoms with Gasteiger partial charge in [0.05, 0.1) is 24.0 Å². The summed E-state index contributed by atoms with van der Waals surface area (Å²) in [6, 6.07) is 8.14. The number of carbonyl (C=O) groups is 1. The lowest BCUT2D eigenvalue weighted by Crippen LogP contribution is -2.29. The van der Waals surface area contributed by atoms with Crippen LogP contribution in [-0.4, -0.2) is 28.3 Å². The van der Waals surface area contributed by atoms with Gasteiger partial charge in [0.15, 0.2) is 6.10 Å². The molecule has 0 saturated heterocycles. The molecule has 190 valence electrons. The van der Waals surface area contributed by atoms with Gasteiger partial charge in [-0.1, -0.05) is 12.1 Å². The van der Waals surface area contributed by atoms with Crippen LogP contribution in [0.4, 0.5) is 17.6 Å². The van der Waals surface area contributed by atoms with Gasteiger partial charge in [-0.15, -0.1) is 0 Å². The second-order valence-electron chi connectivity index (χ2n) is 9.53. The summed E-state index contributed by atoms with van der Waals surface area (Å²) in [4.78, 5) is 16.1. The summed E-state index contributed by atoms with van der Waals surface area (Å²) < 4.78 is 69.2. The summed E-state index contributed by atoms with van der Waals surface area (Å²) >= 11 is 0. The molecule has 4 rings (SSSR count). The second kappa shape index (κ2) is 9.54. The Kier molecular flexibility index (Phi) is 6.79. The normalized spacial score (nSPS) is 14.6. The van der Waals surface area contributed by atoms with E-state index in [1.54, 1.807) is 39.0 Å². The molecule has 1 unspecified atom stereocenters. The van der Waals surface area contributed by atoms with Crippen LogP contribution in [0.5, 0.6) is 5.75 Å². The highest BCUT2D eigenvalue weighted by atomic mass is 19.4. The third-order valence-corrected chi connectivity index (χ3v) is 5.77. The maximum Gasteiger partial charge on any atom is 0.416 e. The minimum absolute atomic E-state index is 0.0103. The lowest BCUT2D eigenvalue weighted by Gasteiger charge is -2.30. The Morgan fingerprint density at radius 3 is 2.50 bits per heavy atom. The summed E-state index contributed by atoms with van der Waals surface area (Å²) in [7, 11) is 0. The fourth-order valence-corrected chi connectivity index (χ4v) is 4.37. The van der Waals surface area contributed by atoms with Gasteiger partial charge < -0.3 is 14.6 Å². The number of carboxylic acids is 1. The number of carboxylic acid groups (broad SMARTS) is 1. The molecule has 1 atom stereocenters. The van der Waals surface area contributed by atoms with Gasteiger partial charge in [-0.2, -0.15) is 13.2 Å². The third kappa shape index (κ3) is 5.21. The van der Waals surface area contributed by atoms with Gasteiger partial charge in [0.2, 0.25) is 0 Å². The second-order valence-corrected chi connectivity index (χ2v) is 9.53. The molecule has 0 bridgehead atoms. The van der Waals surface area contributed by atoms with Crippen LogP contribution in [0.15, 0.2) is 48.8 Å². The van der Waals surface area contributed by atoms with E-state index in [9.17, 15) is 27.5 Å². The number of pyridine rings is 1. The molecule has 0 aliphatic carbocycles. The predicted molar refractivity (Wildman–Crippen MR) is 125 cm³/mol. The highest BCUT2D eigenvalue weighted by Gasteiger charge is 2.41. The third-order valence-electron chi connectivity index (χ3n) is 5.77. The van der Waals surface area contributed by atoms with Crippen LogP contribution in [0.25, 0.3) is 22.3 Å². The van der Waals surface area contributed by atoms with Gasteiger partial charge >= 0.3 is 12.1 Å². The topological polar surface area (TPSA) is 68.7 Å². The van der Waals surface area contributed by atoms with Crippen molar-refractivity contribution in [1.29, 1.82) is 0 Å². The summed E-state index contributed by atoms with van der Waals surface area (Å²) in [5.74, 6) is -1.74. The number of ether oxygens (including phenoxy) is 2. The molecule has 1 aliphatic rings. The van der Waals surface area contributed by atoms with Crippen LogP contribution in [0.1, 0.15) is 50.0 Å². The van der Waals surface area contributed by atoms with Crippen molar-refractivity contribution in [3.05, 3.63) is 71.3 Å². The highest BCUT2D eigenvalue weighted by Crippen LogP contribution is 2.47. The molecule has 0 spiro atoms. The van der Waals surface area contributed by atoms with Crippen molar-refractivity contribution in [2.45, 2.75) is 51.5 Å². The lowest BCUT2D eigenvalue weighted by molar-refractivity contribution is -0.163. The SMILES string of the molecule is CC(C)(C)OC(C(=O)O)c1c(C(F)(F)F)ccc(-c2ccncc2F)c1-c1ccc2c(c1)CCCO2. The van der Waals surface area contributed by atoms with Gasteiger partial charge in [-0.05, 0) is 80.1 Å². The number of aliphatic carboxylic acids is 1. The number of rotatable bonds is 5. The van der Waals surface area contributed by atoms with E-state index < -0.39 is 40.8 Å². The fraction of sp³-hybridized carbons (Fsp3) is 0.333. The minimum atomic E-state index is -4.90. The van der Waals surface area contributed by atoms with Crippen molar-refractivity contribution in [1.82, 2.24) is 4.98 Å². The van der Waals surface area contributed by atoms with E-state index in [4.69, 9.17) is 9.47 Å². The Morgan fingerprint density at radius 2 is 1.86 bits per heavy atom. The average Bonchev–Trinajstić information content (AvgIpc) is 2.80. The zero-order valence-corrected chi connectivity index (χ0v) is 19.9. The van der Waals surface area contributed by atoms with Crippen molar-refractivity contribution in [2.24, 2.45) is 0 Å². The van der Waals surface area contributed by atoms with Crippen LogP contribution < -0.4 is 4.74 Å². The molecule has 3 aromatic rings. The van der Waals surface area contributed by atoms with E-state index >= 15 is 0 Å². The van der Waals surface area contributed by atoms with E-state index in [0.717, 1.165) is 30.3 Å². The molecule has 0 fully saturated rings. The van der Waals surface area contributed by atoms with Crippen LogP contribution in [0, 0.1) is 5.82 Å². The number of hydrogen-bond acceptors (Lipinski definition) is 4. The van der Waals surface area contributed by atoms with Gasteiger partial charge in [0.25, 0.3) is 0 Å². The summed E-state index contributed by atoms with van der Waals surface area (Å²) in [5.41, 5.74) is -1.76. The van der Waals surface area contributed by atoms with Crippen molar-refractivity contribution in [3.63, 3.8) is 0 Å². The molecule has 0 amide bonds. The number of hydrogen-bond donors (Lipinski definition) is 1. The molecular weight excluding hydrogens is 478 g/mol. The zero-order chi connectivity index (χ0) is 26.3. The summed E-state index contributed by atoms with van der Waals surface area (Å²) in [6.07, 6.45) is -3.24. The maximum absolute atomic E-state index is 14.9. The van der Waals surface area contributed by atoms with Crippen LogP contribution in [0.3, 0.4) is 0 Å². The van der Waals surface area contributed by atoms with E-state index in [1.165, 1.54) is 12.3 Å². The fourth-order valence-electron chi connectivity index (χ4n) is 4.37. The standard InChI is InChI=1S/C27H25F4NO4/c1-26(2,3)36-24(25(33)34)23-19(27(29,30)31)8-7-18(17-10-11-32-14-20(17)28)22(23)16-6-9-21-15(13-16)5-4-12-35-21/h6-11,13-14,24H,4-5,12H2,1-3H3,(H,33,34). The van der Waals surface area contributed by atoms with Crippen LogP contribution >= 0.6 is 0 Å². The predicted octanol–water partition coefficient (Wildman–Crippen LogP) is 6.84. The molecule has 36 heavy (non-hydrogen) atoms. The number of alkyl halides is 3. The number of fused-ring (bicyclic) bond motifs is 1. The quantitative estimate of drug-likeness (QED) is 0.386. The minimum Gasteiger partial charge on any atom is -0.493 e. The molecule has 0 radical (unpaired) electrons. The molecular formula is C27H25F4NO4. The highest BCUT2D eigenvalue weighted by molar-refractivity contribution is 5.91. The number of benzene rings is 2. The smallest absolute Gasteiger partial charge is 0.416 e. The lowest BCUT2D eigenvalue weighted by atomic mass is 9.84. The Labute approximate surface area is 205 Å². The first-order valence-electron chi connectivity index (χ1n) is 11.4. The van der Waals surface area contributed by atoms with Gasteiger partial charge in [-0.25, -0.2) is 9.18 Å². The van der Waals surface area contributed by atoms with Gasteiger partial charge in [-0.3, -0.25) is 4.98 Å². The average molecular weight is 503 g/mol. The molecule has 1 N–H and O–H groups in total. The first-order chi connectivity index (χ1) is 16.9. The van der Waals surface area contributed by atoms with E-state index in [0.29, 0.717) is 24.3 Å². The van der Waals surface area contributed by atoms with Crippen molar-refractivity contribution < 1.29 is 36.9 Å². The maximum atomic E-state index is 14.9. The Hall–Kier alpha value is -3.46. The largest absolute Gasteiger partial charge is 0.493 e. The first-order valence-corrected chi connectivity index (χ1v) is 11.4. The number of halogens is 4. The Balaban J connectivity index is 2.13. The molecule has 1 aliphatic heterocycles. The first kappa shape index (κ1) is 25.6. The number of aryl methyl sites for hydroxylation is 1.